The third kappa shape index (κ3) is 2.36. The van der Waals surface area contributed by atoms with Crippen molar-refractivity contribution >= 4 is 6.21 Å². The number of ether oxygens (including phenoxy) is 5. The van der Waals surface area contributed by atoms with E-state index >= 15 is 0 Å². The van der Waals surface area contributed by atoms with E-state index in [4.69, 9.17) is 28.7 Å². The number of nitrogens with zero attached hydrogens (tertiary/aromatic N) is 1. The van der Waals surface area contributed by atoms with Crippen molar-refractivity contribution in [2.24, 2.45) is 4.99 Å². The number of hydrogen-bond donors (Lipinski definition) is 0. The van der Waals surface area contributed by atoms with Gasteiger partial charge in [-0.05, 0) is 35.4 Å². The van der Waals surface area contributed by atoms with Gasteiger partial charge in [-0.3, -0.25) is 4.99 Å². The minimum Gasteiger partial charge on any atom is -0.493 e. The molecule has 0 spiro atoms. The number of methoxy groups -OCH3 is 4. The van der Waals surface area contributed by atoms with Crippen LogP contribution >= 0.6 is 0 Å². The standard InChI is InChI=1S/C20H21NO5/c1-22-15-6-5-12-18-14(10-26-19(12)20(15)25-4)13-8-17(24-3)16(23-2)7-11(13)9-21-18/h5-9,14,18H,10H2,1-4H3/t14-,18+/m1/s1. The van der Waals surface area contributed by atoms with Gasteiger partial charge in [0, 0.05) is 17.7 Å². The van der Waals surface area contributed by atoms with E-state index in [0.29, 0.717) is 35.4 Å². The van der Waals surface area contributed by atoms with Gasteiger partial charge in [0.05, 0.1) is 41.1 Å². The Morgan fingerprint density at radius 3 is 2.31 bits per heavy atom. The molecular weight excluding hydrogens is 334 g/mol. The monoisotopic (exact) mass is 355 g/mol. The van der Waals surface area contributed by atoms with Crippen molar-refractivity contribution in [2.45, 2.75) is 12.0 Å². The number of benzene rings is 2. The Hall–Kier alpha value is -2.89. The zero-order valence-electron chi connectivity index (χ0n) is 15.2. The number of aliphatic imine (C=N–C) groups is 1. The van der Waals surface area contributed by atoms with Crippen LogP contribution in [0, 0.1) is 0 Å². The maximum atomic E-state index is 6.09. The molecule has 6 heteroatoms. The molecule has 0 amide bonds. The average molecular weight is 355 g/mol. The van der Waals surface area contributed by atoms with E-state index in [0.717, 1.165) is 16.7 Å². The highest BCUT2D eigenvalue weighted by atomic mass is 16.5. The lowest BCUT2D eigenvalue weighted by Crippen LogP contribution is -2.27. The van der Waals surface area contributed by atoms with Crippen LogP contribution < -0.4 is 23.7 Å². The SMILES string of the molecule is COc1cc2c(cc1OC)[C@H]1COc3c(ccc(OC)c3OC)[C@@H]1N=C2. The summed E-state index contributed by atoms with van der Waals surface area (Å²) in [5.74, 6) is 3.46. The van der Waals surface area contributed by atoms with Gasteiger partial charge in [-0.1, -0.05) is 0 Å². The molecule has 2 aliphatic rings. The van der Waals surface area contributed by atoms with Crippen molar-refractivity contribution in [3.63, 3.8) is 0 Å². The Morgan fingerprint density at radius 1 is 0.885 bits per heavy atom. The van der Waals surface area contributed by atoms with Crippen molar-refractivity contribution in [3.8, 4) is 28.7 Å². The normalized spacial score (nSPS) is 19.5. The molecule has 136 valence electrons. The van der Waals surface area contributed by atoms with Crippen molar-refractivity contribution in [3.05, 3.63) is 41.0 Å². The topological polar surface area (TPSA) is 58.5 Å². The van der Waals surface area contributed by atoms with Crippen LogP contribution in [0.25, 0.3) is 0 Å². The van der Waals surface area contributed by atoms with Crippen LogP contribution in [0.1, 0.15) is 28.7 Å². The Labute approximate surface area is 152 Å². The van der Waals surface area contributed by atoms with Crippen LogP contribution in [0.3, 0.4) is 0 Å². The predicted octanol–water partition coefficient (Wildman–Crippen LogP) is 3.37. The van der Waals surface area contributed by atoms with Crippen molar-refractivity contribution < 1.29 is 23.7 Å². The summed E-state index contributed by atoms with van der Waals surface area (Å²) in [5.41, 5.74) is 3.16. The first-order valence-electron chi connectivity index (χ1n) is 8.38. The molecule has 0 bridgehead atoms. The minimum absolute atomic E-state index is 0.0378. The van der Waals surface area contributed by atoms with Crippen LogP contribution in [-0.2, 0) is 0 Å². The summed E-state index contributed by atoms with van der Waals surface area (Å²) in [6.07, 6.45) is 1.89. The van der Waals surface area contributed by atoms with Crippen LogP contribution in [0.15, 0.2) is 29.3 Å². The van der Waals surface area contributed by atoms with Crippen LogP contribution in [-0.4, -0.2) is 41.3 Å². The largest absolute Gasteiger partial charge is 0.493 e. The van der Waals surface area contributed by atoms with Gasteiger partial charge in [0.25, 0.3) is 0 Å². The Morgan fingerprint density at radius 2 is 1.62 bits per heavy atom. The smallest absolute Gasteiger partial charge is 0.203 e. The second-order valence-corrected chi connectivity index (χ2v) is 6.20. The summed E-state index contributed by atoms with van der Waals surface area (Å²) in [6, 6.07) is 7.83. The quantitative estimate of drug-likeness (QED) is 0.842. The van der Waals surface area contributed by atoms with Gasteiger partial charge in [0.1, 0.15) is 0 Å². The summed E-state index contributed by atoms with van der Waals surface area (Å²) >= 11 is 0. The van der Waals surface area contributed by atoms with Crippen LogP contribution in [0.4, 0.5) is 0 Å². The van der Waals surface area contributed by atoms with E-state index < -0.39 is 0 Å². The van der Waals surface area contributed by atoms with Gasteiger partial charge in [-0.2, -0.15) is 0 Å². The molecule has 0 saturated carbocycles. The fourth-order valence-corrected chi connectivity index (χ4v) is 3.72. The van der Waals surface area contributed by atoms with Crippen molar-refractivity contribution in [1.82, 2.24) is 0 Å². The molecule has 0 N–H and O–H groups in total. The summed E-state index contributed by atoms with van der Waals surface area (Å²) in [6.45, 7) is 0.501. The summed E-state index contributed by atoms with van der Waals surface area (Å²) in [7, 11) is 6.50. The molecule has 26 heavy (non-hydrogen) atoms. The van der Waals surface area contributed by atoms with E-state index in [2.05, 4.69) is 0 Å². The van der Waals surface area contributed by atoms with Crippen molar-refractivity contribution in [2.75, 3.05) is 35.0 Å². The third-order valence-corrected chi connectivity index (χ3v) is 5.00. The maximum Gasteiger partial charge on any atom is 0.203 e. The van der Waals surface area contributed by atoms with Crippen LogP contribution in [0.5, 0.6) is 28.7 Å². The van der Waals surface area contributed by atoms with Gasteiger partial charge in [-0.15, -0.1) is 0 Å². The van der Waals surface area contributed by atoms with E-state index in [1.807, 2.05) is 30.5 Å². The lowest BCUT2D eigenvalue weighted by Gasteiger charge is -2.35. The zero-order valence-corrected chi connectivity index (χ0v) is 15.2. The van der Waals surface area contributed by atoms with Crippen molar-refractivity contribution in [1.29, 1.82) is 0 Å². The highest BCUT2D eigenvalue weighted by Crippen LogP contribution is 2.52. The van der Waals surface area contributed by atoms with Gasteiger partial charge in [-0.25, -0.2) is 0 Å². The van der Waals surface area contributed by atoms with Crippen LogP contribution in [0.2, 0.25) is 0 Å². The Bertz CT molecular complexity index is 877. The highest BCUT2D eigenvalue weighted by molar-refractivity contribution is 5.86. The van der Waals surface area contributed by atoms with E-state index in [1.54, 1.807) is 28.4 Å². The lowest BCUT2D eigenvalue weighted by atomic mass is 9.81. The average Bonchev–Trinajstić information content (AvgIpc) is 2.70. The molecule has 0 aliphatic carbocycles. The molecular formula is C20H21NO5. The second kappa shape index (κ2) is 6.44. The van der Waals surface area contributed by atoms with E-state index in [1.165, 1.54) is 0 Å². The minimum atomic E-state index is -0.0378. The number of rotatable bonds is 4. The van der Waals surface area contributed by atoms with Gasteiger partial charge < -0.3 is 23.7 Å². The highest BCUT2D eigenvalue weighted by Gasteiger charge is 2.37. The molecule has 4 rings (SSSR count). The maximum absolute atomic E-state index is 6.09. The molecule has 2 atom stereocenters. The molecule has 0 radical (unpaired) electrons. The molecule has 2 aromatic carbocycles. The molecule has 2 aromatic rings. The summed E-state index contributed by atoms with van der Waals surface area (Å²) < 4.78 is 27.9. The molecule has 0 saturated heterocycles. The fourth-order valence-electron chi connectivity index (χ4n) is 3.72. The lowest BCUT2D eigenvalue weighted by molar-refractivity contribution is 0.223. The second-order valence-electron chi connectivity index (χ2n) is 6.20. The zero-order chi connectivity index (χ0) is 18.3. The molecule has 2 heterocycles. The van der Waals surface area contributed by atoms with Gasteiger partial charge in [0.2, 0.25) is 5.75 Å². The third-order valence-electron chi connectivity index (χ3n) is 5.00. The Kier molecular flexibility index (Phi) is 4.11. The number of hydrogen-bond acceptors (Lipinski definition) is 6. The Balaban J connectivity index is 1.81. The summed E-state index contributed by atoms with van der Waals surface area (Å²) in [4.78, 5) is 4.80. The molecule has 2 aliphatic heterocycles. The number of fused-ring (bicyclic) bond motifs is 5. The summed E-state index contributed by atoms with van der Waals surface area (Å²) in [5, 5.41) is 0. The molecule has 0 fully saturated rings. The molecule has 0 unspecified atom stereocenters. The molecule has 0 aromatic heterocycles. The first-order chi connectivity index (χ1) is 12.7. The van der Waals surface area contributed by atoms with E-state index in [9.17, 15) is 0 Å². The van der Waals surface area contributed by atoms with E-state index in [-0.39, 0.29) is 12.0 Å². The fraction of sp³-hybridized carbons (Fsp3) is 0.350. The van der Waals surface area contributed by atoms with Gasteiger partial charge in [0.15, 0.2) is 23.0 Å². The first kappa shape index (κ1) is 16.6. The first-order valence-corrected chi connectivity index (χ1v) is 8.38. The molecule has 6 nitrogen and oxygen atoms in total. The van der Waals surface area contributed by atoms with Gasteiger partial charge >= 0.3 is 0 Å². The predicted molar refractivity (Wildman–Crippen MR) is 97.7 cm³/mol.